The number of methoxy groups -OCH3 is 1. The van der Waals surface area contributed by atoms with Gasteiger partial charge in [-0.15, -0.1) is 0 Å². The summed E-state index contributed by atoms with van der Waals surface area (Å²) in [5.74, 6) is -0.423. The minimum Gasteiger partial charge on any atom is -0.372 e. The highest BCUT2D eigenvalue weighted by Gasteiger charge is 2.13. The van der Waals surface area contributed by atoms with Crippen molar-refractivity contribution in [1.29, 1.82) is 0 Å². The van der Waals surface area contributed by atoms with Crippen LogP contribution in [-0.4, -0.2) is 35.2 Å². The molecule has 2 amide bonds. The molecule has 0 radical (unpaired) electrons. The van der Waals surface area contributed by atoms with Crippen molar-refractivity contribution in [2.45, 2.75) is 19.4 Å². The topological polar surface area (TPSA) is 96.1 Å². The Hall–Kier alpha value is -3.19. The van der Waals surface area contributed by atoms with Crippen molar-refractivity contribution in [1.82, 2.24) is 10.2 Å². The van der Waals surface area contributed by atoms with Crippen LogP contribution in [-0.2, 0) is 20.7 Å². The second-order valence-electron chi connectivity index (χ2n) is 5.89. The zero-order chi connectivity index (χ0) is 18.5. The van der Waals surface area contributed by atoms with Gasteiger partial charge in [0.1, 0.15) is 6.10 Å². The van der Waals surface area contributed by atoms with Crippen molar-refractivity contribution in [3.8, 4) is 0 Å². The van der Waals surface area contributed by atoms with E-state index in [4.69, 9.17) is 4.74 Å². The second kappa shape index (κ2) is 7.79. The van der Waals surface area contributed by atoms with Gasteiger partial charge in [-0.1, -0.05) is 24.3 Å². The number of carbonyl (C=O) groups is 2. The van der Waals surface area contributed by atoms with Gasteiger partial charge in [-0.3, -0.25) is 14.7 Å². The molecule has 3 rings (SSSR count). The van der Waals surface area contributed by atoms with Gasteiger partial charge in [-0.05, 0) is 31.2 Å². The Labute approximate surface area is 150 Å². The number of rotatable bonds is 6. The number of hydrogen-bond donors (Lipinski definition) is 3. The van der Waals surface area contributed by atoms with Crippen LogP contribution in [0.15, 0.2) is 48.5 Å². The molecule has 0 aliphatic heterocycles. The number of ether oxygens (including phenoxy) is 1. The Morgan fingerprint density at radius 1 is 1.12 bits per heavy atom. The normalized spacial score (nSPS) is 11.9. The molecule has 1 atom stereocenters. The molecule has 1 heterocycles. The Bertz CT molecular complexity index is 935. The van der Waals surface area contributed by atoms with Gasteiger partial charge in [-0.25, -0.2) is 0 Å². The lowest BCUT2D eigenvalue weighted by Gasteiger charge is -2.11. The van der Waals surface area contributed by atoms with Gasteiger partial charge in [0.25, 0.3) is 5.91 Å². The average molecular weight is 352 g/mol. The number of anilines is 2. The number of amides is 2. The molecule has 0 bridgehead atoms. The summed E-state index contributed by atoms with van der Waals surface area (Å²) in [5.41, 5.74) is 2.77. The van der Waals surface area contributed by atoms with Crippen molar-refractivity contribution in [2.24, 2.45) is 0 Å². The second-order valence-corrected chi connectivity index (χ2v) is 5.89. The fraction of sp³-hybridized carbons (Fsp3) is 0.211. The predicted molar refractivity (Wildman–Crippen MR) is 100.0 cm³/mol. The first-order valence-electron chi connectivity index (χ1n) is 8.22. The van der Waals surface area contributed by atoms with E-state index in [1.165, 1.54) is 7.11 Å². The lowest BCUT2D eigenvalue weighted by atomic mass is 10.1. The van der Waals surface area contributed by atoms with E-state index >= 15 is 0 Å². The Morgan fingerprint density at radius 3 is 2.62 bits per heavy atom. The molecular weight excluding hydrogens is 332 g/mol. The van der Waals surface area contributed by atoms with Gasteiger partial charge >= 0.3 is 0 Å². The molecule has 2 aromatic carbocycles. The summed E-state index contributed by atoms with van der Waals surface area (Å²) in [7, 11) is 1.47. The van der Waals surface area contributed by atoms with Crippen LogP contribution in [0.1, 0.15) is 12.6 Å². The third-order valence-electron chi connectivity index (χ3n) is 4.01. The number of H-pyrrole nitrogens is 1. The SMILES string of the molecule is CO[C@@H](C)C(=O)Nc1cccc(NC(=O)Cc2[nH]nc3ccccc23)c1. The van der Waals surface area contributed by atoms with Gasteiger partial charge in [-0.2, -0.15) is 5.10 Å². The number of nitrogens with one attached hydrogen (secondary N) is 3. The Kier molecular flexibility index (Phi) is 5.28. The van der Waals surface area contributed by atoms with E-state index in [0.29, 0.717) is 11.4 Å². The Morgan fingerprint density at radius 2 is 1.85 bits per heavy atom. The quantitative estimate of drug-likeness (QED) is 0.635. The summed E-state index contributed by atoms with van der Waals surface area (Å²) in [6, 6.07) is 14.6. The fourth-order valence-corrected chi connectivity index (χ4v) is 2.54. The standard InChI is InChI=1S/C19H20N4O3/c1-12(26-2)19(25)21-14-7-5-6-13(10-14)20-18(24)11-17-15-8-3-4-9-16(15)22-23-17/h3-10,12H,11H2,1-2H3,(H,20,24)(H,21,25)(H,22,23)/t12-/m0/s1. The molecule has 7 heteroatoms. The third kappa shape index (κ3) is 4.07. The number of benzene rings is 2. The van der Waals surface area contributed by atoms with Crippen molar-refractivity contribution in [3.05, 3.63) is 54.2 Å². The summed E-state index contributed by atoms with van der Waals surface area (Å²) in [4.78, 5) is 24.2. The smallest absolute Gasteiger partial charge is 0.253 e. The first-order valence-corrected chi connectivity index (χ1v) is 8.22. The van der Waals surface area contributed by atoms with Crippen LogP contribution in [0.25, 0.3) is 10.9 Å². The van der Waals surface area contributed by atoms with Crippen LogP contribution >= 0.6 is 0 Å². The predicted octanol–water partition coefficient (Wildman–Crippen LogP) is 2.72. The molecule has 3 N–H and O–H groups in total. The molecule has 0 aliphatic carbocycles. The molecule has 0 unspecified atom stereocenters. The molecule has 134 valence electrons. The van der Waals surface area contributed by atoms with Crippen LogP contribution in [0, 0.1) is 0 Å². The van der Waals surface area contributed by atoms with E-state index in [1.807, 2.05) is 24.3 Å². The maximum Gasteiger partial charge on any atom is 0.253 e. The average Bonchev–Trinajstić information content (AvgIpc) is 3.04. The van der Waals surface area contributed by atoms with Crippen LogP contribution in [0.4, 0.5) is 11.4 Å². The van der Waals surface area contributed by atoms with Gasteiger partial charge in [0.15, 0.2) is 0 Å². The highest BCUT2D eigenvalue weighted by atomic mass is 16.5. The van der Waals surface area contributed by atoms with E-state index in [-0.39, 0.29) is 18.2 Å². The number of hydrogen-bond acceptors (Lipinski definition) is 4. The summed E-state index contributed by atoms with van der Waals surface area (Å²) < 4.78 is 4.98. The molecule has 0 saturated carbocycles. The number of carbonyl (C=O) groups excluding carboxylic acids is 2. The first kappa shape index (κ1) is 17.6. The van der Waals surface area contributed by atoms with Crippen molar-refractivity contribution >= 4 is 34.1 Å². The fourth-order valence-electron chi connectivity index (χ4n) is 2.54. The molecule has 3 aromatic rings. The highest BCUT2D eigenvalue weighted by Crippen LogP contribution is 2.18. The molecular formula is C19H20N4O3. The van der Waals surface area contributed by atoms with Crippen LogP contribution in [0.2, 0.25) is 0 Å². The zero-order valence-electron chi connectivity index (χ0n) is 14.6. The van der Waals surface area contributed by atoms with Crippen molar-refractivity contribution < 1.29 is 14.3 Å². The van der Waals surface area contributed by atoms with Crippen LogP contribution in [0.3, 0.4) is 0 Å². The summed E-state index contributed by atoms with van der Waals surface area (Å²) in [5, 5.41) is 13.6. The zero-order valence-corrected chi connectivity index (χ0v) is 14.6. The molecule has 0 saturated heterocycles. The first-order chi connectivity index (χ1) is 12.6. The Balaban J connectivity index is 1.66. The minimum absolute atomic E-state index is 0.173. The van der Waals surface area contributed by atoms with E-state index in [1.54, 1.807) is 31.2 Å². The summed E-state index contributed by atoms with van der Waals surface area (Å²) in [6.07, 6.45) is -0.375. The minimum atomic E-state index is -0.554. The molecule has 0 spiro atoms. The van der Waals surface area contributed by atoms with E-state index in [0.717, 1.165) is 16.6 Å². The molecule has 0 aliphatic rings. The lowest BCUT2D eigenvalue weighted by molar-refractivity contribution is -0.124. The maximum absolute atomic E-state index is 12.3. The highest BCUT2D eigenvalue weighted by molar-refractivity contribution is 5.97. The molecule has 0 fully saturated rings. The van der Waals surface area contributed by atoms with E-state index in [9.17, 15) is 9.59 Å². The third-order valence-corrected chi connectivity index (χ3v) is 4.01. The summed E-state index contributed by atoms with van der Waals surface area (Å²) >= 11 is 0. The van der Waals surface area contributed by atoms with E-state index in [2.05, 4.69) is 20.8 Å². The van der Waals surface area contributed by atoms with Gasteiger partial charge < -0.3 is 15.4 Å². The molecule has 7 nitrogen and oxygen atoms in total. The number of fused-ring (bicyclic) bond motifs is 1. The largest absolute Gasteiger partial charge is 0.372 e. The van der Waals surface area contributed by atoms with Crippen LogP contribution in [0.5, 0.6) is 0 Å². The number of aromatic amines is 1. The maximum atomic E-state index is 12.3. The number of nitrogens with zero attached hydrogens (tertiary/aromatic N) is 1. The summed E-state index contributed by atoms with van der Waals surface area (Å²) in [6.45, 7) is 1.66. The van der Waals surface area contributed by atoms with Gasteiger partial charge in [0.05, 0.1) is 17.6 Å². The number of para-hydroxylation sites is 1. The van der Waals surface area contributed by atoms with Crippen molar-refractivity contribution in [2.75, 3.05) is 17.7 Å². The van der Waals surface area contributed by atoms with Gasteiger partial charge in [0, 0.05) is 23.9 Å². The van der Waals surface area contributed by atoms with Crippen LogP contribution < -0.4 is 10.6 Å². The lowest BCUT2D eigenvalue weighted by Crippen LogP contribution is -2.26. The monoisotopic (exact) mass is 352 g/mol. The molecule has 1 aromatic heterocycles. The van der Waals surface area contributed by atoms with Crippen molar-refractivity contribution in [3.63, 3.8) is 0 Å². The van der Waals surface area contributed by atoms with E-state index < -0.39 is 6.10 Å². The van der Waals surface area contributed by atoms with Gasteiger partial charge in [0.2, 0.25) is 5.91 Å². The number of aromatic nitrogens is 2. The molecule has 26 heavy (non-hydrogen) atoms.